The smallest absolute Gasteiger partial charge is 0.274 e. The number of hydrogen-bond acceptors (Lipinski definition) is 5. The maximum atomic E-state index is 12.5. The van der Waals surface area contributed by atoms with Crippen LogP contribution in [0, 0.1) is 0 Å². The Morgan fingerprint density at radius 3 is 2.23 bits per heavy atom. The molecule has 0 spiro atoms. The lowest BCUT2D eigenvalue weighted by Crippen LogP contribution is -2.40. The van der Waals surface area contributed by atoms with Gasteiger partial charge < -0.3 is 5.32 Å². The molecular weight excluding hydrogens is 404 g/mol. The summed E-state index contributed by atoms with van der Waals surface area (Å²) in [6, 6.07) is 12.9. The van der Waals surface area contributed by atoms with Crippen LogP contribution in [-0.2, 0) is 28.3 Å². The average molecular weight is 429 g/mol. The summed E-state index contributed by atoms with van der Waals surface area (Å²) in [5.41, 5.74) is 0.120. The molecule has 0 atom stereocenters. The number of fused-ring (bicyclic) bond motifs is 1. The van der Waals surface area contributed by atoms with E-state index in [1.165, 1.54) is 28.9 Å². The van der Waals surface area contributed by atoms with Crippen LogP contribution in [0.1, 0.15) is 26.5 Å². The van der Waals surface area contributed by atoms with E-state index in [-0.39, 0.29) is 22.8 Å². The highest BCUT2D eigenvalue weighted by atomic mass is 32.2. The quantitative estimate of drug-likeness (QED) is 0.647. The second kappa shape index (κ2) is 8.00. The summed E-state index contributed by atoms with van der Waals surface area (Å²) in [7, 11) is -2.11. The number of sulfonamides is 1. The summed E-state index contributed by atoms with van der Waals surface area (Å²) in [6.45, 7) is 5.28. The van der Waals surface area contributed by atoms with Crippen molar-refractivity contribution < 1.29 is 13.2 Å². The fraction of sp³-hybridized carbons (Fsp3) is 0.286. The molecule has 0 aliphatic heterocycles. The van der Waals surface area contributed by atoms with Gasteiger partial charge in [0.1, 0.15) is 0 Å². The van der Waals surface area contributed by atoms with Crippen molar-refractivity contribution in [2.24, 2.45) is 7.05 Å². The van der Waals surface area contributed by atoms with Crippen LogP contribution in [0.25, 0.3) is 10.8 Å². The van der Waals surface area contributed by atoms with Crippen molar-refractivity contribution >= 4 is 32.4 Å². The summed E-state index contributed by atoms with van der Waals surface area (Å²) in [6.07, 6.45) is -0.0275. The number of amides is 1. The van der Waals surface area contributed by atoms with Crippen molar-refractivity contribution in [1.82, 2.24) is 14.5 Å². The Balaban J connectivity index is 1.77. The van der Waals surface area contributed by atoms with Gasteiger partial charge in [-0.25, -0.2) is 17.8 Å². The summed E-state index contributed by atoms with van der Waals surface area (Å²) in [5, 5.41) is 8.08. The van der Waals surface area contributed by atoms with Crippen molar-refractivity contribution in [2.45, 2.75) is 37.6 Å². The zero-order chi connectivity index (χ0) is 22.1. The van der Waals surface area contributed by atoms with Gasteiger partial charge in [0.05, 0.1) is 22.4 Å². The highest BCUT2D eigenvalue weighted by Crippen LogP contribution is 2.18. The van der Waals surface area contributed by atoms with Gasteiger partial charge in [0.15, 0.2) is 0 Å². The van der Waals surface area contributed by atoms with Gasteiger partial charge in [0.25, 0.3) is 5.56 Å². The minimum Gasteiger partial charge on any atom is -0.326 e. The number of nitrogens with one attached hydrogen (secondary N) is 2. The molecule has 30 heavy (non-hydrogen) atoms. The molecule has 0 aliphatic rings. The third-order valence-corrected chi connectivity index (χ3v) is 6.02. The van der Waals surface area contributed by atoms with E-state index < -0.39 is 15.6 Å². The van der Waals surface area contributed by atoms with Crippen molar-refractivity contribution in [3.63, 3.8) is 0 Å². The molecule has 1 aromatic heterocycles. The largest absolute Gasteiger partial charge is 0.326 e. The zero-order valence-corrected chi connectivity index (χ0v) is 18.1. The minimum absolute atomic E-state index is 0.0275. The molecule has 0 saturated heterocycles. The predicted molar refractivity (Wildman–Crippen MR) is 116 cm³/mol. The van der Waals surface area contributed by atoms with Gasteiger partial charge >= 0.3 is 0 Å². The molecule has 0 aliphatic carbocycles. The van der Waals surface area contributed by atoms with Crippen LogP contribution in [0.5, 0.6) is 0 Å². The molecule has 3 aromatic rings. The van der Waals surface area contributed by atoms with Gasteiger partial charge in [-0.1, -0.05) is 18.2 Å². The van der Waals surface area contributed by atoms with Crippen LogP contribution in [-0.4, -0.2) is 29.6 Å². The number of rotatable bonds is 5. The molecule has 8 nitrogen and oxygen atoms in total. The van der Waals surface area contributed by atoms with Crippen LogP contribution >= 0.6 is 0 Å². The highest BCUT2D eigenvalue weighted by molar-refractivity contribution is 7.89. The first-order chi connectivity index (χ1) is 14.0. The van der Waals surface area contributed by atoms with E-state index in [9.17, 15) is 18.0 Å². The molecule has 3 rings (SSSR count). The fourth-order valence-electron chi connectivity index (χ4n) is 3.04. The lowest BCUT2D eigenvalue weighted by Gasteiger charge is -2.20. The summed E-state index contributed by atoms with van der Waals surface area (Å²) in [5.74, 6) is -0.324. The minimum atomic E-state index is -3.65. The number of carbonyl (C=O) groups is 1. The molecule has 0 fully saturated rings. The van der Waals surface area contributed by atoms with E-state index in [1.54, 1.807) is 52.1 Å². The molecule has 1 heterocycles. The first-order valence-electron chi connectivity index (χ1n) is 9.35. The SMILES string of the molecule is Cn1nc(CC(=O)Nc2ccc(S(=O)(=O)NC(C)(C)C)cc2)c2ccccc2c1=O. The molecule has 158 valence electrons. The van der Waals surface area contributed by atoms with E-state index in [0.717, 1.165) is 0 Å². The van der Waals surface area contributed by atoms with Crippen molar-refractivity contribution in [1.29, 1.82) is 0 Å². The lowest BCUT2D eigenvalue weighted by atomic mass is 10.1. The number of anilines is 1. The Hall–Kier alpha value is -3.04. The third-order valence-electron chi connectivity index (χ3n) is 4.25. The average Bonchev–Trinajstić information content (AvgIpc) is 2.64. The van der Waals surface area contributed by atoms with Gasteiger partial charge in [0, 0.05) is 23.7 Å². The second-order valence-electron chi connectivity index (χ2n) is 8.03. The number of aromatic nitrogens is 2. The normalized spacial score (nSPS) is 12.1. The molecule has 2 N–H and O–H groups in total. The highest BCUT2D eigenvalue weighted by Gasteiger charge is 2.22. The Morgan fingerprint density at radius 2 is 1.63 bits per heavy atom. The van der Waals surface area contributed by atoms with Crippen LogP contribution in [0.4, 0.5) is 5.69 Å². The number of hydrogen-bond donors (Lipinski definition) is 2. The summed E-state index contributed by atoms with van der Waals surface area (Å²) < 4.78 is 28.5. The van der Waals surface area contributed by atoms with Crippen molar-refractivity contribution in [3.8, 4) is 0 Å². The first-order valence-corrected chi connectivity index (χ1v) is 10.8. The maximum absolute atomic E-state index is 12.5. The Morgan fingerprint density at radius 1 is 1.03 bits per heavy atom. The molecule has 0 saturated carbocycles. The number of aryl methyl sites for hydroxylation is 1. The van der Waals surface area contributed by atoms with Gasteiger partial charge in [-0.2, -0.15) is 5.10 Å². The van der Waals surface area contributed by atoms with E-state index in [0.29, 0.717) is 22.2 Å². The van der Waals surface area contributed by atoms with Gasteiger partial charge in [-0.15, -0.1) is 0 Å². The van der Waals surface area contributed by atoms with Gasteiger partial charge in [0.2, 0.25) is 15.9 Å². The van der Waals surface area contributed by atoms with Crippen LogP contribution < -0.4 is 15.6 Å². The Kier molecular flexibility index (Phi) is 5.78. The first kappa shape index (κ1) is 21.7. The standard InChI is InChI=1S/C21H24N4O4S/c1-21(2,3)24-30(28,29)15-11-9-14(10-12-15)22-19(26)13-18-16-7-5-6-8-17(16)20(27)25(4)23-18/h5-12,24H,13H2,1-4H3,(H,22,26). The monoisotopic (exact) mass is 428 g/mol. The third kappa shape index (κ3) is 4.92. The topological polar surface area (TPSA) is 110 Å². The van der Waals surface area contributed by atoms with E-state index >= 15 is 0 Å². The predicted octanol–water partition coefficient (Wildman–Crippen LogP) is 2.19. The maximum Gasteiger partial charge on any atom is 0.274 e. The molecule has 0 bridgehead atoms. The molecular formula is C21H24N4O4S. The van der Waals surface area contributed by atoms with Gasteiger partial charge in [-0.05, 0) is 51.1 Å². The Bertz CT molecular complexity index is 1260. The van der Waals surface area contributed by atoms with Crippen molar-refractivity contribution in [2.75, 3.05) is 5.32 Å². The van der Waals surface area contributed by atoms with E-state index in [2.05, 4.69) is 15.1 Å². The molecule has 2 aromatic carbocycles. The van der Waals surface area contributed by atoms with Crippen LogP contribution in [0.3, 0.4) is 0 Å². The molecule has 0 unspecified atom stereocenters. The Labute approximate surface area is 175 Å². The molecule has 0 radical (unpaired) electrons. The second-order valence-corrected chi connectivity index (χ2v) is 9.71. The van der Waals surface area contributed by atoms with E-state index in [1.807, 2.05) is 0 Å². The zero-order valence-electron chi connectivity index (χ0n) is 17.3. The number of benzene rings is 2. The van der Waals surface area contributed by atoms with Crippen molar-refractivity contribution in [3.05, 3.63) is 64.6 Å². The lowest BCUT2D eigenvalue weighted by molar-refractivity contribution is -0.115. The summed E-state index contributed by atoms with van der Waals surface area (Å²) >= 11 is 0. The van der Waals surface area contributed by atoms with Crippen LogP contribution in [0.2, 0.25) is 0 Å². The number of nitrogens with zero attached hydrogens (tertiary/aromatic N) is 2. The molecule has 1 amide bonds. The summed E-state index contributed by atoms with van der Waals surface area (Å²) in [4.78, 5) is 24.8. The van der Waals surface area contributed by atoms with E-state index in [4.69, 9.17) is 0 Å². The number of carbonyl (C=O) groups excluding carboxylic acids is 1. The fourth-order valence-corrected chi connectivity index (χ4v) is 4.46. The van der Waals surface area contributed by atoms with Crippen LogP contribution in [0.15, 0.2) is 58.2 Å². The molecule has 9 heteroatoms. The van der Waals surface area contributed by atoms with Gasteiger partial charge in [-0.3, -0.25) is 9.59 Å².